The Balaban J connectivity index is 1.67. The lowest BCUT2D eigenvalue weighted by atomic mass is 10.1. The smallest absolute Gasteiger partial charge is 0.342 e. The first-order valence-corrected chi connectivity index (χ1v) is 9.37. The summed E-state index contributed by atoms with van der Waals surface area (Å²) in [6.45, 7) is 1.28. The van der Waals surface area contributed by atoms with Crippen molar-refractivity contribution in [2.24, 2.45) is 0 Å². The second-order valence-corrected chi connectivity index (χ2v) is 7.14. The highest BCUT2D eigenvalue weighted by atomic mass is 32.1. The molecule has 28 heavy (non-hydrogen) atoms. The Morgan fingerprint density at radius 1 is 1.18 bits per heavy atom. The van der Waals surface area contributed by atoms with E-state index in [2.05, 4.69) is 5.32 Å². The molecule has 0 bridgehead atoms. The Labute approximate surface area is 165 Å². The van der Waals surface area contributed by atoms with Crippen LogP contribution >= 0.6 is 11.3 Å². The molecule has 2 aromatic carbocycles. The van der Waals surface area contributed by atoms with E-state index in [0.717, 1.165) is 10.4 Å². The van der Waals surface area contributed by atoms with Crippen molar-refractivity contribution in [1.29, 1.82) is 0 Å². The van der Waals surface area contributed by atoms with Gasteiger partial charge in [-0.3, -0.25) is 4.79 Å². The monoisotopic (exact) mass is 399 g/mol. The predicted molar refractivity (Wildman–Crippen MR) is 104 cm³/mol. The number of carbonyl (C=O) groups excluding carboxylic acids is 2. The van der Waals surface area contributed by atoms with E-state index in [1.165, 1.54) is 35.6 Å². The highest BCUT2D eigenvalue weighted by Crippen LogP contribution is 2.26. The van der Waals surface area contributed by atoms with Crippen LogP contribution in [0, 0.1) is 12.7 Å². The first-order chi connectivity index (χ1) is 13.4. The molecule has 1 aromatic heterocycles. The van der Waals surface area contributed by atoms with E-state index < -0.39 is 24.5 Å². The van der Waals surface area contributed by atoms with Crippen LogP contribution in [0.1, 0.15) is 32.4 Å². The fourth-order valence-corrected chi connectivity index (χ4v) is 3.46. The van der Waals surface area contributed by atoms with E-state index >= 15 is 0 Å². The topological polar surface area (TPSA) is 75.6 Å². The number of nitrogens with one attached hydrogen (secondary N) is 1. The number of rotatable bonds is 6. The van der Waals surface area contributed by atoms with Crippen LogP contribution in [0.5, 0.6) is 5.75 Å². The van der Waals surface area contributed by atoms with Crippen molar-refractivity contribution in [2.75, 3.05) is 6.61 Å². The standard InChI is InChI=1S/C21H18FNO4S/c1-13-4-9-16(17(24)11-13)21(26)27-12-19(25)23-20(18-3-2-10-28-18)14-5-7-15(22)8-6-14/h2-11,20,24H,12H2,1H3,(H,23,25)/t20-/m1/s1. The zero-order chi connectivity index (χ0) is 20.1. The number of benzene rings is 2. The Morgan fingerprint density at radius 3 is 2.57 bits per heavy atom. The first-order valence-electron chi connectivity index (χ1n) is 8.49. The maximum Gasteiger partial charge on any atom is 0.342 e. The van der Waals surface area contributed by atoms with Crippen LogP contribution in [0.2, 0.25) is 0 Å². The third-order valence-corrected chi connectivity index (χ3v) is 4.98. The third kappa shape index (κ3) is 4.75. The summed E-state index contributed by atoms with van der Waals surface area (Å²) in [6.07, 6.45) is 0. The summed E-state index contributed by atoms with van der Waals surface area (Å²) >= 11 is 1.45. The minimum Gasteiger partial charge on any atom is -0.507 e. The number of ether oxygens (including phenoxy) is 1. The van der Waals surface area contributed by atoms with E-state index in [4.69, 9.17) is 4.74 Å². The number of hydrogen-bond acceptors (Lipinski definition) is 5. The fourth-order valence-electron chi connectivity index (χ4n) is 2.66. The molecule has 5 nitrogen and oxygen atoms in total. The van der Waals surface area contributed by atoms with E-state index in [-0.39, 0.29) is 17.1 Å². The highest BCUT2D eigenvalue weighted by molar-refractivity contribution is 7.10. The van der Waals surface area contributed by atoms with Crippen LogP contribution in [0.25, 0.3) is 0 Å². The largest absolute Gasteiger partial charge is 0.507 e. The van der Waals surface area contributed by atoms with Crippen LogP contribution in [0.3, 0.4) is 0 Å². The molecule has 7 heteroatoms. The maximum atomic E-state index is 13.2. The second-order valence-electron chi connectivity index (χ2n) is 6.16. The van der Waals surface area contributed by atoms with Gasteiger partial charge in [0.2, 0.25) is 0 Å². The van der Waals surface area contributed by atoms with Crippen LogP contribution in [0.15, 0.2) is 60.0 Å². The van der Waals surface area contributed by atoms with Crippen LogP contribution in [0.4, 0.5) is 4.39 Å². The molecule has 1 amide bonds. The Bertz CT molecular complexity index is 971. The molecular formula is C21H18FNO4S. The molecule has 0 saturated heterocycles. The number of aryl methyl sites for hydroxylation is 1. The van der Waals surface area contributed by atoms with Crippen molar-refractivity contribution >= 4 is 23.2 Å². The summed E-state index contributed by atoms with van der Waals surface area (Å²) in [6, 6.07) is 13.6. The molecule has 2 N–H and O–H groups in total. The van der Waals surface area contributed by atoms with Crippen molar-refractivity contribution in [1.82, 2.24) is 5.32 Å². The van der Waals surface area contributed by atoms with Crippen LogP contribution < -0.4 is 5.32 Å². The Hall–Kier alpha value is -3.19. The minimum absolute atomic E-state index is 0.00765. The van der Waals surface area contributed by atoms with Gasteiger partial charge in [0.1, 0.15) is 17.1 Å². The van der Waals surface area contributed by atoms with Crippen molar-refractivity contribution in [2.45, 2.75) is 13.0 Å². The van der Waals surface area contributed by atoms with E-state index in [0.29, 0.717) is 5.56 Å². The lowest BCUT2D eigenvalue weighted by molar-refractivity contribution is -0.124. The number of carbonyl (C=O) groups is 2. The average Bonchev–Trinajstić information content (AvgIpc) is 3.19. The van der Waals surface area contributed by atoms with E-state index in [9.17, 15) is 19.1 Å². The third-order valence-electron chi connectivity index (χ3n) is 4.04. The molecule has 1 atom stereocenters. The molecule has 0 aliphatic rings. The summed E-state index contributed by atoms with van der Waals surface area (Å²) in [7, 11) is 0. The molecule has 0 saturated carbocycles. The second kappa shape index (κ2) is 8.67. The van der Waals surface area contributed by atoms with Gasteiger partial charge in [0, 0.05) is 4.88 Å². The zero-order valence-electron chi connectivity index (χ0n) is 15.0. The Kier molecular flexibility index (Phi) is 6.06. The van der Waals surface area contributed by atoms with E-state index in [1.807, 2.05) is 17.5 Å². The molecule has 0 spiro atoms. The molecule has 3 rings (SSSR count). The van der Waals surface area contributed by atoms with Gasteiger partial charge in [-0.25, -0.2) is 9.18 Å². The van der Waals surface area contributed by atoms with Gasteiger partial charge >= 0.3 is 5.97 Å². The van der Waals surface area contributed by atoms with E-state index in [1.54, 1.807) is 25.1 Å². The van der Waals surface area contributed by atoms with Crippen LogP contribution in [-0.2, 0) is 9.53 Å². The summed E-state index contributed by atoms with van der Waals surface area (Å²) in [5.41, 5.74) is 1.50. The van der Waals surface area contributed by atoms with Gasteiger partial charge in [-0.05, 0) is 53.8 Å². The summed E-state index contributed by atoms with van der Waals surface area (Å²) < 4.78 is 18.2. The highest BCUT2D eigenvalue weighted by Gasteiger charge is 2.20. The zero-order valence-corrected chi connectivity index (χ0v) is 15.8. The van der Waals surface area contributed by atoms with Crippen molar-refractivity contribution < 1.29 is 23.8 Å². The molecule has 3 aromatic rings. The Morgan fingerprint density at radius 2 is 1.93 bits per heavy atom. The molecular weight excluding hydrogens is 381 g/mol. The van der Waals surface area contributed by atoms with Crippen molar-refractivity contribution in [3.05, 3.63) is 87.4 Å². The molecule has 0 radical (unpaired) electrons. The fraction of sp³-hybridized carbons (Fsp3) is 0.143. The first kappa shape index (κ1) is 19.6. The van der Waals surface area contributed by atoms with Gasteiger partial charge in [-0.15, -0.1) is 11.3 Å². The number of hydrogen-bond donors (Lipinski definition) is 2. The quantitative estimate of drug-likeness (QED) is 0.615. The molecule has 0 fully saturated rings. The van der Waals surface area contributed by atoms with Gasteiger partial charge in [0.05, 0.1) is 6.04 Å². The summed E-state index contributed by atoms with van der Waals surface area (Å²) in [5, 5.41) is 14.5. The summed E-state index contributed by atoms with van der Waals surface area (Å²) in [4.78, 5) is 25.3. The maximum absolute atomic E-state index is 13.2. The summed E-state index contributed by atoms with van der Waals surface area (Å²) in [5.74, 6) is -1.87. The number of thiophene rings is 1. The molecule has 1 heterocycles. The number of phenols is 1. The number of amides is 1. The number of esters is 1. The minimum atomic E-state index is -0.790. The molecule has 0 unspecified atom stereocenters. The molecule has 144 valence electrons. The van der Waals surface area contributed by atoms with Gasteiger partial charge < -0.3 is 15.2 Å². The SMILES string of the molecule is Cc1ccc(C(=O)OCC(=O)N[C@H](c2ccc(F)cc2)c2cccs2)c(O)c1. The van der Waals surface area contributed by atoms with Crippen LogP contribution in [-0.4, -0.2) is 23.6 Å². The normalized spacial score (nSPS) is 11.6. The number of phenolic OH excluding ortho intramolecular Hbond substituents is 1. The van der Waals surface area contributed by atoms with Gasteiger partial charge in [-0.1, -0.05) is 24.3 Å². The lowest BCUT2D eigenvalue weighted by Crippen LogP contribution is -2.32. The van der Waals surface area contributed by atoms with Gasteiger partial charge in [-0.2, -0.15) is 0 Å². The number of halogens is 1. The average molecular weight is 399 g/mol. The van der Waals surface area contributed by atoms with Crippen molar-refractivity contribution in [3.8, 4) is 5.75 Å². The molecule has 0 aliphatic heterocycles. The predicted octanol–water partition coefficient (Wildman–Crippen LogP) is 3.96. The van der Waals surface area contributed by atoms with Gasteiger partial charge in [0.15, 0.2) is 6.61 Å². The molecule has 0 aliphatic carbocycles. The lowest BCUT2D eigenvalue weighted by Gasteiger charge is -2.18. The number of aromatic hydroxyl groups is 1. The van der Waals surface area contributed by atoms with Gasteiger partial charge in [0.25, 0.3) is 5.91 Å². The van der Waals surface area contributed by atoms with Crippen molar-refractivity contribution in [3.63, 3.8) is 0 Å².